The van der Waals surface area contributed by atoms with Crippen molar-refractivity contribution in [2.45, 2.75) is 17.9 Å². The number of aliphatic carboxylic acids is 1. The van der Waals surface area contributed by atoms with Crippen LogP contribution in [0.3, 0.4) is 0 Å². The molecule has 0 spiro atoms. The second-order valence-corrected chi connectivity index (χ2v) is 5.60. The molecule has 0 aliphatic carbocycles. The Morgan fingerprint density at radius 1 is 1.41 bits per heavy atom. The molecule has 94 valence electrons. The molecule has 0 aliphatic rings. The van der Waals surface area contributed by atoms with Crippen molar-refractivity contribution in [3.8, 4) is 0 Å². The fraction of sp³-hybridized carbons (Fsp3) is 0.300. The van der Waals surface area contributed by atoms with Crippen molar-refractivity contribution in [3.05, 3.63) is 35.4 Å². The predicted molar refractivity (Wildman–Crippen MR) is 56.4 cm³/mol. The lowest BCUT2D eigenvalue weighted by molar-refractivity contribution is -0.153. The summed E-state index contributed by atoms with van der Waals surface area (Å²) in [4.78, 5) is 10.2. The molecule has 1 rings (SSSR count). The molecule has 17 heavy (non-hydrogen) atoms. The quantitative estimate of drug-likeness (QED) is 0.896. The summed E-state index contributed by atoms with van der Waals surface area (Å²) in [5.74, 6) is -3.67. The van der Waals surface area contributed by atoms with Crippen molar-refractivity contribution in [2.75, 3.05) is 0 Å². The lowest BCUT2D eigenvalue weighted by Crippen LogP contribution is -2.38. The minimum absolute atomic E-state index is 0.130. The molecule has 0 bridgehead atoms. The van der Waals surface area contributed by atoms with Crippen molar-refractivity contribution in [2.24, 2.45) is 0 Å². The zero-order valence-corrected chi connectivity index (χ0v) is 9.67. The first-order chi connectivity index (χ1) is 7.67. The number of halogens is 2. The fourth-order valence-electron chi connectivity index (χ4n) is 1.25. The average Bonchev–Trinajstić information content (AvgIpc) is 2.16. The highest BCUT2D eigenvalue weighted by Crippen LogP contribution is 2.26. The molecule has 0 fully saturated rings. The number of carbonyl (C=O) groups is 1. The van der Waals surface area contributed by atoms with Crippen LogP contribution in [0.4, 0.5) is 8.78 Å². The van der Waals surface area contributed by atoms with Crippen molar-refractivity contribution >= 4 is 15.8 Å². The number of rotatable bonds is 4. The maximum absolute atomic E-state index is 12.9. The van der Waals surface area contributed by atoms with E-state index in [9.17, 15) is 22.0 Å². The summed E-state index contributed by atoms with van der Waals surface area (Å²) in [7, 11) is -5.06. The molecule has 1 N–H and O–H groups in total. The molecule has 0 aliphatic heterocycles. The zero-order valence-electron chi connectivity index (χ0n) is 8.85. The van der Waals surface area contributed by atoms with E-state index >= 15 is 0 Å². The minimum Gasteiger partial charge on any atom is -0.476 e. The first-order valence-electron chi connectivity index (χ1n) is 4.56. The van der Waals surface area contributed by atoms with Crippen LogP contribution in [-0.2, 0) is 20.4 Å². The SMILES string of the molecule is Cc1cccc(CS(=O)(=O)C(F)(F)C(=O)O)c1. The van der Waals surface area contributed by atoms with Gasteiger partial charge in [0.05, 0.1) is 5.75 Å². The number of carboxylic acids is 1. The lowest BCUT2D eigenvalue weighted by Gasteiger charge is -2.12. The molecule has 0 unspecified atom stereocenters. The predicted octanol–water partition coefficient (Wildman–Crippen LogP) is 1.59. The van der Waals surface area contributed by atoms with Gasteiger partial charge >= 0.3 is 11.2 Å². The first-order valence-corrected chi connectivity index (χ1v) is 6.21. The summed E-state index contributed by atoms with van der Waals surface area (Å²) >= 11 is 0. The van der Waals surface area contributed by atoms with Gasteiger partial charge in [0.2, 0.25) is 9.84 Å². The molecule has 0 saturated carbocycles. The summed E-state index contributed by atoms with van der Waals surface area (Å²) in [5, 5.41) is 3.41. The van der Waals surface area contributed by atoms with Crippen LogP contribution in [0.25, 0.3) is 0 Å². The number of hydrogen-bond acceptors (Lipinski definition) is 3. The fourth-order valence-corrected chi connectivity index (χ4v) is 2.31. The van der Waals surface area contributed by atoms with Crippen molar-refractivity contribution in [1.82, 2.24) is 0 Å². The second-order valence-electron chi connectivity index (χ2n) is 3.57. The number of aryl methyl sites for hydroxylation is 1. The third-order valence-electron chi connectivity index (χ3n) is 2.08. The van der Waals surface area contributed by atoms with Gasteiger partial charge < -0.3 is 5.11 Å². The molecular formula is C10H10F2O4S. The summed E-state index contributed by atoms with van der Waals surface area (Å²) in [5.41, 5.74) is 0.835. The molecule has 1 aromatic rings. The molecular weight excluding hydrogens is 254 g/mol. The average molecular weight is 264 g/mol. The Bertz CT molecular complexity index is 537. The van der Waals surface area contributed by atoms with Crippen LogP contribution in [0.2, 0.25) is 0 Å². The smallest absolute Gasteiger partial charge is 0.440 e. The first kappa shape index (κ1) is 13.6. The summed E-state index contributed by atoms with van der Waals surface area (Å²) in [6.45, 7) is 1.67. The number of carboxylic acid groups (broad SMARTS) is 1. The van der Waals surface area contributed by atoms with Crippen LogP contribution in [0, 0.1) is 6.92 Å². The lowest BCUT2D eigenvalue weighted by atomic mass is 10.2. The highest BCUT2D eigenvalue weighted by atomic mass is 32.2. The molecule has 0 radical (unpaired) electrons. The van der Waals surface area contributed by atoms with Crippen molar-refractivity contribution < 1.29 is 27.1 Å². The topological polar surface area (TPSA) is 71.4 Å². The van der Waals surface area contributed by atoms with Crippen LogP contribution < -0.4 is 0 Å². The Balaban J connectivity index is 3.07. The summed E-state index contributed by atoms with van der Waals surface area (Å²) in [6, 6.07) is 5.95. The van der Waals surface area contributed by atoms with Gasteiger partial charge in [0.15, 0.2) is 0 Å². The number of hydrogen-bond donors (Lipinski definition) is 1. The zero-order chi connectivity index (χ0) is 13.3. The van der Waals surface area contributed by atoms with Gasteiger partial charge in [-0.25, -0.2) is 13.2 Å². The van der Waals surface area contributed by atoms with Crippen LogP contribution in [0.15, 0.2) is 24.3 Å². The van der Waals surface area contributed by atoms with E-state index in [1.807, 2.05) is 0 Å². The van der Waals surface area contributed by atoms with Gasteiger partial charge in [-0.3, -0.25) is 0 Å². The van der Waals surface area contributed by atoms with Gasteiger partial charge in [-0.05, 0) is 12.5 Å². The van der Waals surface area contributed by atoms with E-state index in [2.05, 4.69) is 0 Å². The molecule has 7 heteroatoms. The third-order valence-corrected chi connectivity index (χ3v) is 3.75. The maximum atomic E-state index is 12.9. The Morgan fingerprint density at radius 2 is 2.00 bits per heavy atom. The molecule has 0 heterocycles. The van der Waals surface area contributed by atoms with Gasteiger partial charge in [0, 0.05) is 0 Å². The molecule has 0 saturated heterocycles. The normalized spacial score (nSPS) is 12.4. The van der Waals surface area contributed by atoms with Crippen LogP contribution in [0.1, 0.15) is 11.1 Å². The summed E-state index contributed by atoms with van der Waals surface area (Å²) < 4.78 is 48.3. The Kier molecular flexibility index (Phi) is 3.51. The highest BCUT2D eigenvalue weighted by molar-refractivity contribution is 7.92. The van der Waals surface area contributed by atoms with E-state index in [0.717, 1.165) is 0 Å². The Morgan fingerprint density at radius 3 is 2.47 bits per heavy atom. The monoisotopic (exact) mass is 264 g/mol. The van der Waals surface area contributed by atoms with Crippen LogP contribution >= 0.6 is 0 Å². The summed E-state index contributed by atoms with van der Waals surface area (Å²) in [6.07, 6.45) is 0. The number of sulfone groups is 1. The van der Waals surface area contributed by atoms with E-state index in [0.29, 0.717) is 5.56 Å². The molecule has 0 aromatic heterocycles. The van der Waals surface area contributed by atoms with E-state index in [4.69, 9.17) is 5.11 Å². The highest BCUT2D eigenvalue weighted by Gasteiger charge is 2.52. The largest absolute Gasteiger partial charge is 0.476 e. The molecule has 1 aromatic carbocycles. The third kappa shape index (κ3) is 2.79. The van der Waals surface area contributed by atoms with E-state index in [1.165, 1.54) is 18.2 Å². The van der Waals surface area contributed by atoms with E-state index in [-0.39, 0.29) is 5.56 Å². The van der Waals surface area contributed by atoms with Gasteiger partial charge in [-0.15, -0.1) is 0 Å². The van der Waals surface area contributed by atoms with Crippen molar-refractivity contribution in [1.29, 1.82) is 0 Å². The van der Waals surface area contributed by atoms with Gasteiger partial charge in [-0.1, -0.05) is 29.8 Å². The van der Waals surface area contributed by atoms with Crippen LogP contribution in [-0.4, -0.2) is 24.7 Å². The number of benzene rings is 1. The maximum Gasteiger partial charge on any atom is 0.440 e. The molecule has 4 nitrogen and oxygen atoms in total. The van der Waals surface area contributed by atoms with Gasteiger partial charge in [0.1, 0.15) is 0 Å². The molecule has 0 atom stereocenters. The minimum atomic E-state index is -5.06. The number of alkyl halides is 2. The van der Waals surface area contributed by atoms with E-state index < -0.39 is 26.8 Å². The van der Waals surface area contributed by atoms with Gasteiger partial charge in [-0.2, -0.15) is 8.78 Å². The van der Waals surface area contributed by atoms with Crippen molar-refractivity contribution in [3.63, 3.8) is 0 Å². The standard InChI is InChI=1S/C10H10F2O4S/c1-7-3-2-4-8(5-7)6-17(15,16)10(11,12)9(13)14/h2-5H,6H2,1H3,(H,13,14). The second kappa shape index (κ2) is 4.40. The van der Waals surface area contributed by atoms with Crippen LogP contribution in [0.5, 0.6) is 0 Å². The Hall–Kier alpha value is -1.50. The van der Waals surface area contributed by atoms with Gasteiger partial charge in [0.25, 0.3) is 0 Å². The molecule has 0 amide bonds. The van der Waals surface area contributed by atoms with E-state index in [1.54, 1.807) is 13.0 Å². The Labute approximate surface area is 96.8 Å².